The maximum atomic E-state index is 12.6. The molecule has 8 nitrogen and oxygen atoms in total. The van der Waals surface area contributed by atoms with Crippen LogP contribution in [0.3, 0.4) is 0 Å². The second-order valence-electron chi connectivity index (χ2n) is 7.97. The molecule has 0 atom stereocenters. The minimum absolute atomic E-state index is 0.108. The number of hydrogen-bond acceptors (Lipinski definition) is 6. The zero-order valence-corrected chi connectivity index (χ0v) is 17.5. The van der Waals surface area contributed by atoms with E-state index in [0.717, 1.165) is 50.3 Å². The van der Waals surface area contributed by atoms with Crippen LogP contribution in [0.25, 0.3) is 11.5 Å². The highest BCUT2D eigenvalue weighted by Gasteiger charge is 2.24. The van der Waals surface area contributed by atoms with Gasteiger partial charge in [-0.2, -0.15) is 0 Å². The summed E-state index contributed by atoms with van der Waals surface area (Å²) in [6.07, 6.45) is 8.42. The number of carbonyl (C=O) groups excluding carboxylic acids is 1. The highest BCUT2D eigenvalue weighted by atomic mass is 16.5. The van der Waals surface area contributed by atoms with E-state index in [-0.39, 0.29) is 18.1 Å². The molecule has 158 valence electrons. The number of imidazole rings is 1. The standard InChI is InChI=1S/C18H23N5O2.C3H8O/c1-23-11-19-10-16(23)17-21-14(12-5-7-25-8-6-12)9-15(22-17)18(24)20-13-3-2-4-13;1-3(2)4/h9-13H,2-8H2,1H3,(H,20,24);3-4H,1-2H3. The lowest BCUT2D eigenvalue weighted by atomic mass is 9.93. The van der Waals surface area contributed by atoms with E-state index in [4.69, 9.17) is 14.8 Å². The molecule has 2 aromatic heterocycles. The van der Waals surface area contributed by atoms with Gasteiger partial charge in [0.1, 0.15) is 11.4 Å². The third-order valence-corrected chi connectivity index (χ3v) is 5.10. The van der Waals surface area contributed by atoms with Crippen LogP contribution in [-0.4, -0.2) is 55.9 Å². The van der Waals surface area contributed by atoms with Gasteiger partial charge in [0.2, 0.25) is 0 Å². The molecule has 0 spiro atoms. The Morgan fingerprint density at radius 3 is 2.48 bits per heavy atom. The van der Waals surface area contributed by atoms with Crippen LogP contribution in [0.1, 0.15) is 68.1 Å². The monoisotopic (exact) mass is 401 g/mol. The van der Waals surface area contributed by atoms with Crippen molar-refractivity contribution in [3.8, 4) is 11.5 Å². The summed E-state index contributed by atoms with van der Waals surface area (Å²) >= 11 is 0. The Morgan fingerprint density at radius 2 is 1.93 bits per heavy atom. The fraction of sp³-hybridized carbons (Fsp3) is 0.619. The van der Waals surface area contributed by atoms with Gasteiger partial charge in [0.15, 0.2) is 5.82 Å². The molecule has 2 fully saturated rings. The molecule has 0 aromatic carbocycles. The van der Waals surface area contributed by atoms with Crippen LogP contribution in [0.5, 0.6) is 0 Å². The Hall–Kier alpha value is -2.32. The van der Waals surface area contributed by atoms with Crippen molar-refractivity contribution in [2.24, 2.45) is 7.05 Å². The Balaban J connectivity index is 0.000000552. The lowest BCUT2D eigenvalue weighted by Crippen LogP contribution is -2.40. The van der Waals surface area contributed by atoms with Gasteiger partial charge in [0.25, 0.3) is 5.91 Å². The van der Waals surface area contributed by atoms with E-state index in [2.05, 4.69) is 15.3 Å². The zero-order valence-electron chi connectivity index (χ0n) is 17.5. The number of rotatable bonds is 4. The first-order valence-corrected chi connectivity index (χ1v) is 10.4. The van der Waals surface area contributed by atoms with Crippen molar-refractivity contribution in [2.45, 2.75) is 64.0 Å². The SMILES string of the molecule is CC(C)O.Cn1cncc1-c1nc(C(=O)NC2CCC2)cc(C2CCOCC2)n1. The van der Waals surface area contributed by atoms with Crippen molar-refractivity contribution >= 4 is 5.91 Å². The number of aliphatic hydroxyl groups excluding tert-OH is 1. The van der Waals surface area contributed by atoms with Crippen molar-refractivity contribution in [1.29, 1.82) is 0 Å². The molecule has 4 rings (SSSR count). The number of aromatic nitrogens is 4. The van der Waals surface area contributed by atoms with Crippen LogP contribution < -0.4 is 5.32 Å². The third-order valence-electron chi connectivity index (χ3n) is 5.10. The van der Waals surface area contributed by atoms with Gasteiger partial charge in [-0.05, 0) is 52.0 Å². The van der Waals surface area contributed by atoms with Crippen molar-refractivity contribution < 1.29 is 14.6 Å². The average Bonchev–Trinajstić information content (AvgIpc) is 3.10. The Kier molecular flexibility index (Phi) is 7.33. The molecule has 8 heteroatoms. The van der Waals surface area contributed by atoms with Gasteiger partial charge in [-0.15, -0.1) is 0 Å². The van der Waals surface area contributed by atoms with Gasteiger partial charge < -0.3 is 19.7 Å². The normalized spacial score (nSPS) is 17.4. The number of nitrogens with zero attached hydrogens (tertiary/aromatic N) is 4. The van der Waals surface area contributed by atoms with Gasteiger partial charge in [0, 0.05) is 44.0 Å². The summed E-state index contributed by atoms with van der Waals surface area (Å²) in [4.78, 5) is 26.1. The summed E-state index contributed by atoms with van der Waals surface area (Å²) in [6, 6.07) is 2.14. The van der Waals surface area contributed by atoms with Crippen LogP contribution in [0, 0.1) is 0 Å². The summed E-state index contributed by atoms with van der Waals surface area (Å²) < 4.78 is 7.33. The maximum Gasteiger partial charge on any atom is 0.270 e. The minimum atomic E-state index is -0.167. The smallest absolute Gasteiger partial charge is 0.270 e. The summed E-state index contributed by atoms with van der Waals surface area (Å²) in [5, 5.41) is 11.1. The van der Waals surface area contributed by atoms with E-state index in [0.29, 0.717) is 17.4 Å². The number of ether oxygens (including phenoxy) is 1. The molecule has 0 unspecified atom stereocenters. The number of nitrogens with one attached hydrogen (secondary N) is 1. The second-order valence-corrected chi connectivity index (χ2v) is 7.97. The molecule has 0 bridgehead atoms. The van der Waals surface area contributed by atoms with E-state index in [1.165, 1.54) is 6.42 Å². The van der Waals surface area contributed by atoms with Crippen LogP contribution in [0.2, 0.25) is 0 Å². The summed E-state index contributed by atoms with van der Waals surface area (Å²) in [5.41, 5.74) is 2.18. The fourth-order valence-electron chi connectivity index (χ4n) is 3.28. The fourth-order valence-corrected chi connectivity index (χ4v) is 3.28. The lowest BCUT2D eigenvalue weighted by molar-refractivity contribution is 0.0843. The topological polar surface area (TPSA) is 102 Å². The van der Waals surface area contributed by atoms with Gasteiger partial charge in [0.05, 0.1) is 12.5 Å². The van der Waals surface area contributed by atoms with Crippen molar-refractivity contribution in [3.05, 3.63) is 30.0 Å². The molecule has 3 heterocycles. The minimum Gasteiger partial charge on any atom is -0.394 e. The molecule has 2 aromatic rings. The quantitative estimate of drug-likeness (QED) is 0.816. The molecule has 29 heavy (non-hydrogen) atoms. The summed E-state index contributed by atoms with van der Waals surface area (Å²) in [7, 11) is 1.90. The molecule has 2 N–H and O–H groups in total. The van der Waals surface area contributed by atoms with Crippen LogP contribution in [0.4, 0.5) is 0 Å². The first kappa shape index (κ1) is 21.4. The first-order valence-electron chi connectivity index (χ1n) is 10.4. The molecular formula is C21H31N5O3. The maximum absolute atomic E-state index is 12.6. The van der Waals surface area contributed by atoms with Crippen molar-refractivity contribution in [1.82, 2.24) is 24.8 Å². The second kappa shape index (κ2) is 9.93. The summed E-state index contributed by atoms with van der Waals surface area (Å²) in [5.74, 6) is 0.755. The number of aliphatic hydroxyl groups is 1. The Bertz CT molecular complexity index is 808. The van der Waals surface area contributed by atoms with Crippen LogP contribution >= 0.6 is 0 Å². The average molecular weight is 402 g/mol. The van der Waals surface area contributed by atoms with Gasteiger partial charge in [-0.25, -0.2) is 15.0 Å². The molecule has 2 aliphatic rings. The van der Waals surface area contributed by atoms with Gasteiger partial charge in [-0.1, -0.05) is 0 Å². The van der Waals surface area contributed by atoms with Crippen molar-refractivity contribution in [2.75, 3.05) is 13.2 Å². The van der Waals surface area contributed by atoms with Crippen LogP contribution in [-0.2, 0) is 11.8 Å². The lowest BCUT2D eigenvalue weighted by Gasteiger charge is -2.26. The molecule has 1 saturated heterocycles. The highest BCUT2D eigenvalue weighted by molar-refractivity contribution is 5.93. The third kappa shape index (κ3) is 5.83. The Morgan fingerprint density at radius 1 is 1.24 bits per heavy atom. The van der Waals surface area contributed by atoms with Crippen LogP contribution in [0.15, 0.2) is 18.6 Å². The highest BCUT2D eigenvalue weighted by Crippen LogP contribution is 2.28. The largest absolute Gasteiger partial charge is 0.394 e. The van der Waals surface area contributed by atoms with E-state index < -0.39 is 0 Å². The number of hydrogen-bond donors (Lipinski definition) is 2. The molecule has 1 saturated carbocycles. The predicted octanol–water partition coefficient (Wildman–Crippen LogP) is 2.44. The molecule has 1 aliphatic carbocycles. The molecular weight excluding hydrogens is 370 g/mol. The Labute approximate surface area is 171 Å². The van der Waals surface area contributed by atoms with E-state index in [1.807, 2.05) is 17.7 Å². The number of aryl methyl sites for hydroxylation is 1. The first-order chi connectivity index (χ1) is 13.9. The predicted molar refractivity (Wildman–Crippen MR) is 109 cm³/mol. The summed E-state index contributed by atoms with van der Waals surface area (Å²) in [6.45, 7) is 4.92. The van der Waals surface area contributed by atoms with E-state index in [9.17, 15) is 4.79 Å². The van der Waals surface area contributed by atoms with E-state index >= 15 is 0 Å². The molecule has 1 amide bonds. The number of carbonyl (C=O) groups is 1. The van der Waals surface area contributed by atoms with Gasteiger partial charge >= 0.3 is 0 Å². The number of amides is 1. The zero-order chi connectivity index (χ0) is 20.8. The van der Waals surface area contributed by atoms with Crippen molar-refractivity contribution in [3.63, 3.8) is 0 Å². The van der Waals surface area contributed by atoms with Gasteiger partial charge in [-0.3, -0.25) is 4.79 Å². The molecule has 0 radical (unpaired) electrons. The van der Waals surface area contributed by atoms with E-state index in [1.54, 1.807) is 26.4 Å². The molecule has 1 aliphatic heterocycles.